The van der Waals surface area contributed by atoms with E-state index in [0.717, 1.165) is 25.3 Å². The largest absolute Gasteiger partial charge is 0.494 e. The fraction of sp³-hybridized carbons (Fsp3) is 0.231. The zero-order valence-corrected chi connectivity index (χ0v) is 19.2. The topological polar surface area (TPSA) is 64.6 Å². The van der Waals surface area contributed by atoms with E-state index in [-0.39, 0.29) is 23.3 Å². The molecule has 0 heterocycles. The lowest BCUT2D eigenvalue weighted by molar-refractivity contribution is -0.153. The molecule has 0 aliphatic heterocycles. The summed E-state index contributed by atoms with van der Waals surface area (Å²) in [5.74, 6) is -7.79. The molecule has 0 bridgehead atoms. The van der Waals surface area contributed by atoms with Crippen molar-refractivity contribution in [3.05, 3.63) is 101 Å². The van der Waals surface area contributed by atoms with Crippen LogP contribution in [-0.2, 0) is 32.2 Å². The van der Waals surface area contributed by atoms with Crippen molar-refractivity contribution >= 4 is 11.9 Å². The van der Waals surface area contributed by atoms with Crippen LogP contribution in [0.3, 0.4) is 0 Å². The molecule has 9 heteroatoms. The third-order valence-electron chi connectivity index (χ3n) is 5.55. The normalized spacial score (nSPS) is 13.0. The number of ether oxygens (including phenoxy) is 2. The van der Waals surface area contributed by atoms with Crippen molar-refractivity contribution < 1.29 is 36.6 Å². The van der Waals surface area contributed by atoms with Gasteiger partial charge >= 0.3 is 11.9 Å². The van der Waals surface area contributed by atoms with Gasteiger partial charge in [0.05, 0.1) is 19.8 Å². The summed E-state index contributed by atoms with van der Waals surface area (Å²) in [4.78, 5) is 24.8. The Labute approximate surface area is 199 Å². The maximum Gasteiger partial charge on any atom is 0.396 e. The first-order chi connectivity index (χ1) is 16.5. The third-order valence-corrected chi connectivity index (χ3v) is 5.55. The molecule has 0 aliphatic carbocycles. The molecule has 0 unspecified atom stereocenters. The van der Waals surface area contributed by atoms with E-state index in [9.17, 15) is 27.2 Å². The lowest BCUT2D eigenvalue weighted by atomic mass is 9.77. The summed E-state index contributed by atoms with van der Waals surface area (Å²) in [6.45, 7) is 0.610. The van der Waals surface area contributed by atoms with E-state index in [0.29, 0.717) is 18.6 Å². The van der Waals surface area contributed by atoms with Crippen molar-refractivity contribution in [3.63, 3.8) is 0 Å². The van der Waals surface area contributed by atoms with Crippen LogP contribution in [0.4, 0.5) is 17.6 Å². The molecule has 0 fully saturated rings. The van der Waals surface area contributed by atoms with Crippen LogP contribution in [0.5, 0.6) is 5.75 Å². The van der Waals surface area contributed by atoms with E-state index in [1.807, 2.05) is 0 Å². The highest BCUT2D eigenvalue weighted by molar-refractivity contribution is 6.32. The van der Waals surface area contributed by atoms with Crippen molar-refractivity contribution in [1.82, 2.24) is 5.32 Å². The Morgan fingerprint density at radius 3 is 2.14 bits per heavy atom. The lowest BCUT2D eigenvalue weighted by Crippen LogP contribution is -2.51. The van der Waals surface area contributed by atoms with E-state index in [2.05, 4.69) is 10.1 Å². The van der Waals surface area contributed by atoms with Crippen molar-refractivity contribution in [2.45, 2.75) is 24.8 Å². The molecule has 1 N–H and O–H groups in total. The Morgan fingerprint density at radius 2 is 1.54 bits per heavy atom. The maximum atomic E-state index is 14.7. The third kappa shape index (κ3) is 5.62. The van der Waals surface area contributed by atoms with Crippen molar-refractivity contribution in [2.75, 3.05) is 14.2 Å². The number of methoxy groups -OCH3 is 2. The zero-order chi connectivity index (χ0) is 25.8. The molecule has 35 heavy (non-hydrogen) atoms. The van der Waals surface area contributed by atoms with Gasteiger partial charge in [-0.3, -0.25) is 4.79 Å². The smallest absolute Gasteiger partial charge is 0.396 e. The minimum Gasteiger partial charge on any atom is -0.494 e. The Balaban J connectivity index is 2.38. The number of carbonyl (C=O) groups is 2. The number of halogens is 4. The van der Waals surface area contributed by atoms with E-state index in [1.54, 1.807) is 30.3 Å². The number of hydrogen-bond acceptors (Lipinski definition) is 4. The number of benzene rings is 3. The average Bonchev–Trinajstić information content (AvgIpc) is 2.83. The molecule has 3 rings (SSSR count). The SMILES string of the molecule is COC(=O)C(=O)N[C@@](Cc1ccccc1)(c1cc(F)cc(C(C)(F)F)c1)c1ccc(F)c(OC)c1. The van der Waals surface area contributed by atoms with Gasteiger partial charge < -0.3 is 14.8 Å². The number of esters is 1. The van der Waals surface area contributed by atoms with E-state index < -0.39 is 40.5 Å². The summed E-state index contributed by atoms with van der Waals surface area (Å²) < 4.78 is 67.1. The number of alkyl halides is 2. The quantitative estimate of drug-likeness (QED) is 0.293. The molecule has 0 spiro atoms. The van der Waals surface area contributed by atoms with Gasteiger partial charge in [-0.05, 0) is 47.0 Å². The van der Waals surface area contributed by atoms with Crippen molar-refractivity contribution in [2.24, 2.45) is 0 Å². The number of carbonyl (C=O) groups excluding carboxylic acids is 2. The van der Waals surface area contributed by atoms with Gasteiger partial charge in [-0.15, -0.1) is 0 Å². The highest BCUT2D eigenvalue weighted by Crippen LogP contribution is 2.39. The van der Waals surface area contributed by atoms with Gasteiger partial charge in [0.25, 0.3) is 5.92 Å². The standard InChI is InChI=1S/C26H23F4NO4/c1-25(29,30)18-11-19(13-20(27)12-18)26(31-23(32)24(33)35-3,15-16-7-5-4-6-8-16)17-9-10-21(28)22(14-17)34-2/h4-14H,15H2,1-3H3,(H,31,32)/t26-/m1/s1. The Morgan fingerprint density at radius 1 is 0.886 bits per heavy atom. The summed E-state index contributed by atoms with van der Waals surface area (Å²) in [5.41, 5.74) is -1.77. The number of hydrogen-bond donors (Lipinski definition) is 1. The Bertz CT molecular complexity index is 1230. The lowest BCUT2D eigenvalue weighted by Gasteiger charge is -2.37. The van der Waals surface area contributed by atoms with Crippen LogP contribution < -0.4 is 10.1 Å². The zero-order valence-electron chi connectivity index (χ0n) is 19.2. The molecule has 184 valence electrons. The van der Waals surface area contributed by atoms with Crippen molar-refractivity contribution in [1.29, 1.82) is 0 Å². The van der Waals surface area contributed by atoms with Gasteiger partial charge in [0, 0.05) is 18.9 Å². The fourth-order valence-corrected chi connectivity index (χ4v) is 3.81. The average molecular weight is 489 g/mol. The number of nitrogens with one attached hydrogen (secondary N) is 1. The number of amides is 1. The van der Waals surface area contributed by atoms with E-state index in [4.69, 9.17) is 4.74 Å². The molecule has 0 radical (unpaired) electrons. The summed E-state index contributed by atoms with van der Waals surface area (Å²) in [6, 6.07) is 14.9. The van der Waals surface area contributed by atoms with Gasteiger partial charge in [-0.25, -0.2) is 22.4 Å². The first-order valence-corrected chi connectivity index (χ1v) is 10.5. The monoisotopic (exact) mass is 489 g/mol. The van der Waals surface area contributed by atoms with Crippen LogP contribution in [0.2, 0.25) is 0 Å². The molecule has 1 amide bonds. The first kappa shape index (κ1) is 25.7. The van der Waals surface area contributed by atoms with Gasteiger partial charge in [0.15, 0.2) is 11.6 Å². The Kier molecular flexibility index (Phi) is 7.48. The molecular formula is C26H23F4NO4. The highest BCUT2D eigenvalue weighted by Gasteiger charge is 2.40. The summed E-state index contributed by atoms with van der Waals surface area (Å²) in [5, 5.41) is 2.54. The number of rotatable bonds is 7. The summed E-state index contributed by atoms with van der Waals surface area (Å²) in [7, 11) is 2.23. The second-order valence-corrected chi connectivity index (χ2v) is 7.98. The van der Waals surface area contributed by atoms with Gasteiger partial charge in [-0.2, -0.15) is 0 Å². The second kappa shape index (κ2) is 10.2. The van der Waals surface area contributed by atoms with Crippen LogP contribution in [0.15, 0.2) is 66.7 Å². The molecule has 0 aliphatic rings. The molecular weight excluding hydrogens is 466 g/mol. The van der Waals surface area contributed by atoms with Gasteiger partial charge in [-0.1, -0.05) is 36.4 Å². The van der Waals surface area contributed by atoms with Crippen LogP contribution >= 0.6 is 0 Å². The predicted molar refractivity (Wildman–Crippen MR) is 120 cm³/mol. The highest BCUT2D eigenvalue weighted by atomic mass is 19.3. The molecule has 0 saturated heterocycles. The van der Waals surface area contributed by atoms with Crippen molar-refractivity contribution in [3.8, 4) is 5.75 Å². The minimum absolute atomic E-state index is 0.0937. The van der Waals surface area contributed by atoms with Crippen LogP contribution in [-0.4, -0.2) is 26.1 Å². The second-order valence-electron chi connectivity index (χ2n) is 7.98. The minimum atomic E-state index is -3.41. The Hall–Kier alpha value is -3.88. The maximum absolute atomic E-state index is 14.7. The predicted octanol–water partition coefficient (Wildman–Crippen LogP) is 4.86. The fourth-order valence-electron chi connectivity index (χ4n) is 3.81. The molecule has 0 aromatic heterocycles. The van der Waals surface area contributed by atoms with E-state index >= 15 is 0 Å². The molecule has 5 nitrogen and oxygen atoms in total. The van der Waals surface area contributed by atoms with E-state index in [1.165, 1.54) is 19.2 Å². The molecule has 3 aromatic rings. The molecule has 1 atom stereocenters. The van der Waals surface area contributed by atoms with Gasteiger partial charge in [0.2, 0.25) is 0 Å². The van der Waals surface area contributed by atoms with Gasteiger partial charge in [0.1, 0.15) is 5.82 Å². The summed E-state index contributed by atoms with van der Waals surface area (Å²) >= 11 is 0. The van der Waals surface area contributed by atoms with Crippen LogP contribution in [0, 0.1) is 11.6 Å². The van der Waals surface area contributed by atoms with Crippen LogP contribution in [0.25, 0.3) is 0 Å². The van der Waals surface area contributed by atoms with Crippen LogP contribution in [0.1, 0.15) is 29.2 Å². The first-order valence-electron chi connectivity index (χ1n) is 10.5. The molecule has 0 saturated carbocycles. The summed E-state index contributed by atoms with van der Waals surface area (Å²) in [6.07, 6.45) is -0.108. The molecule has 3 aromatic carbocycles.